The Kier molecular flexibility index (Phi) is 4.20. The third-order valence-electron chi connectivity index (χ3n) is 3.62. The van der Waals surface area contributed by atoms with Crippen molar-refractivity contribution in [1.29, 1.82) is 0 Å². The van der Waals surface area contributed by atoms with E-state index in [1.54, 1.807) is 0 Å². The Morgan fingerprint density at radius 1 is 0.952 bits per heavy atom. The van der Waals surface area contributed by atoms with Gasteiger partial charge >= 0.3 is 6.09 Å². The first-order chi connectivity index (χ1) is 10.3. The molecule has 21 heavy (non-hydrogen) atoms. The van der Waals surface area contributed by atoms with Crippen molar-refractivity contribution in [3.8, 4) is 0 Å². The van der Waals surface area contributed by atoms with Crippen molar-refractivity contribution in [1.82, 2.24) is 4.90 Å². The molecule has 0 spiro atoms. The van der Waals surface area contributed by atoms with Crippen LogP contribution in [-0.2, 0) is 17.9 Å². The minimum atomic E-state index is -0.217. The first-order valence-corrected chi connectivity index (χ1v) is 7.34. The summed E-state index contributed by atoms with van der Waals surface area (Å²) >= 11 is 0. The van der Waals surface area contributed by atoms with Crippen LogP contribution >= 0.6 is 0 Å². The largest absolute Gasteiger partial charge is 0.445 e. The number of hydrogen-bond donors (Lipinski definition) is 0. The highest BCUT2D eigenvalue weighted by Gasteiger charge is 2.33. The van der Waals surface area contributed by atoms with Gasteiger partial charge < -0.3 is 9.64 Å². The van der Waals surface area contributed by atoms with E-state index in [0.29, 0.717) is 19.2 Å². The van der Waals surface area contributed by atoms with E-state index in [2.05, 4.69) is 0 Å². The molecule has 0 unspecified atom stereocenters. The minimum absolute atomic E-state index is 0.217. The molecule has 108 valence electrons. The monoisotopic (exact) mass is 281 g/mol. The van der Waals surface area contributed by atoms with Gasteiger partial charge in [0.15, 0.2) is 0 Å². The predicted molar refractivity (Wildman–Crippen MR) is 81.6 cm³/mol. The van der Waals surface area contributed by atoms with Gasteiger partial charge in [-0.2, -0.15) is 0 Å². The summed E-state index contributed by atoms with van der Waals surface area (Å²) in [5, 5.41) is 0. The van der Waals surface area contributed by atoms with Crippen molar-refractivity contribution < 1.29 is 9.53 Å². The second-order valence-electron chi connectivity index (χ2n) is 5.38. The molecule has 1 amide bonds. The number of benzene rings is 2. The molecule has 2 aromatic carbocycles. The molecule has 0 heterocycles. The molecule has 3 nitrogen and oxygen atoms in total. The maximum absolute atomic E-state index is 12.3. The summed E-state index contributed by atoms with van der Waals surface area (Å²) in [4.78, 5) is 14.2. The number of carbonyl (C=O) groups is 1. The Morgan fingerprint density at radius 3 is 2.10 bits per heavy atom. The molecule has 0 aliphatic heterocycles. The smallest absolute Gasteiger partial charge is 0.410 e. The molecule has 0 bridgehead atoms. The van der Waals surface area contributed by atoms with Crippen LogP contribution in [0, 0.1) is 0 Å². The summed E-state index contributed by atoms with van der Waals surface area (Å²) in [6.45, 7) is 0.955. The molecule has 1 aliphatic rings. The zero-order valence-corrected chi connectivity index (χ0v) is 11.9. The molecule has 1 saturated carbocycles. The summed E-state index contributed by atoms with van der Waals surface area (Å²) in [7, 11) is 0. The lowest BCUT2D eigenvalue weighted by atomic mass is 10.2. The summed E-state index contributed by atoms with van der Waals surface area (Å²) in [5.41, 5.74) is 2.15. The van der Waals surface area contributed by atoms with Crippen LogP contribution in [0.3, 0.4) is 0 Å². The fourth-order valence-corrected chi connectivity index (χ4v) is 2.31. The van der Waals surface area contributed by atoms with Crippen LogP contribution in [0.4, 0.5) is 4.79 Å². The normalized spacial score (nSPS) is 13.7. The van der Waals surface area contributed by atoms with Crippen molar-refractivity contribution in [3.05, 3.63) is 71.8 Å². The van der Waals surface area contributed by atoms with Gasteiger partial charge in [0.2, 0.25) is 0 Å². The molecule has 0 radical (unpaired) electrons. The van der Waals surface area contributed by atoms with Crippen molar-refractivity contribution in [2.24, 2.45) is 0 Å². The Balaban J connectivity index is 1.60. The van der Waals surface area contributed by atoms with Gasteiger partial charge in [-0.1, -0.05) is 60.7 Å². The van der Waals surface area contributed by atoms with E-state index in [1.165, 1.54) is 0 Å². The van der Waals surface area contributed by atoms with Crippen LogP contribution in [0.25, 0.3) is 0 Å². The van der Waals surface area contributed by atoms with Crippen LogP contribution in [0.5, 0.6) is 0 Å². The highest BCUT2D eigenvalue weighted by molar-refractivity contribution is 5.68. The zero-order chi connectivity index (χ0) is 14.5. The zero-order valence-electron chi connectivity index (χ0n) is 11.9. The first kappa shape index (κ1) is 13.7. The molecule has 1 fully saturated rings. The van der Waals surface area contributed by atoms with Gasteiger partial charge in [-0.25, -0.2) is 4.79 Å². The maximum atomic E-state index is 12.3. The predicted octanol–water partition coefficient (Wildman–Crippen LogP) is 3.99. The number of hydrogen-bond acceptors (Lipinski definition) is 2. The Hall–Kier alpha value is -2.29. The molecule has 0 saturated heterocycles. The van der Waals surface area contributed by atoms with E-state index >= 15 is 0 Å². The summed E-state index contributed by atoms with van der Waals surface area (Å²) in [5.74, 6) is 0. The number of rotatable bonds is 5. The topological polar surface area (TPSA) is 29.5 Å². The van der Waals surface area contributed by atoms with Gasteiger partial charge in [0.1, 0.15) is 6.61 Å². The number of ether oxygens (including phenoxy) is 1. The highest BCUT2D eigenvalue weighted by Crippen LogP contribution is 2.29. The second-order valence-corrected chi connectivity index (χ2v) is 5.38. The summed E-state index contributed by atoms with van der Waals surface area (Å²) < 4.78 is 5.45. The SMILES string of the molecule is O=C(OCc1ccccc1)N(Cc1ccccc1)C1CC1. The molecule has 0 atom stereocenters. The molecular formula is C18H19NO2. The van der Waals surface area contributed by atoms with Gasteiger partial charge in [-0.05, 0) is 24.0 Å². The third kappa shape index (κ3) is 3.85. The van der Waals surface area contributed by atoms with E-state index in [9.17, 15) is 4.79 Å². The van der Waals surface area contributed by atoms with Crippen LogP contribution in [0.2, 0.25) is 0 Å². The van der Waals surface area contributed by atoms with E-state index < -0.39 is 0 Å². The molecular weight excluding hydrogens is 262 g/mol. The lowest BCUT2D eigenvalue weighted by molar-refractivity contribution is 0.0909. The lowest BCUT2D eigenvalue weighted by Gasteiger charge is -2.22. The fourth-order valence-electron chi connectivity index (χ4n) is 2.31. The number of nitrogens with zero attached hydrogens (tertiary/aromatic N) is 1. The summed E-state index contributed by atoms with van der Waals surface area (Å²) in [6, 6.07) is 20.2. The van der Waals surface area contributed by atoms with Crippen LogP contribution in [0.1, 0.15) is 24.0 Å². The van der Waals surface area contributed by atoms with Crippen LogP contribution in [-0.4, -0.2) is 17.0 Å². The van der Waals surface area contributed by atoms with E-state index in [0.717, 1.165) is 24.0 Å². The fraction of sp³-hybridized carbons (Fsp3) is 0.278. The first-order valence-electron chi connectivity index (χ1n) is 7.34. The van der Waals surface area contributed by atoms with Crippen molar-refractivity contribution in [3.63, 3.8) is 0 Å². The van der Waals surface area contributed by atoms with Gasteiger partial charge in [-0.3, -0.25) is 0 Å². The maximum Gasteiger partial charge on any atom is 0.410 e. The standard InChI is InChI=1S/C18H19NO2/c20-18(21-14-16-9-5-2-6-10-16)19(17-11-12-17)13-15-7-3-1-4-8-15/h1-10,17H,11-14H2. The lowest BCUT2D eigenvalue weighted by Crippen LogP contribution is -2.33. The van der Waals surface area contributed by atoms with Crippen molar-refractivity contribution in [2.75, 3.05) is 0 Å². The quantitative estimate of drug-likeness (QED) is 0.829. The molecule has 1 aliphatic carbocycles. The van der Waals surface area contributed by atoms with Crippen molar-refractivity contribution in [2.45, 2.75) is 32.0 Å². The van der Waals surface area contributed by atoms with E-state index in [-0.39, 0.29) is 6.09 Å². The van der Waals surface area contributed by atoms with Crippen LogP contribution < -0.4 is 0 Å². The van der Waals surface area contributed by atoms with E-state index in [1.807, 2.05) is 65.6 Å². The number of carbonyl (C=O) groups excluding carboxylic acids is 1. The minimum Gasteiger partial charge on any atom is -0.445 e. The molecule has 3 rings (SSSR count). The highest BCUT2D eigenvalue weighted by atomic mass is 16.6. The molecule has 0 aromatic heterocycles. The van der Waals surface area contributed by atoms with Gasteiger partial charge in [0, 0.05) is 12.6 Å². The average molecular weight is 281 g/mol. The molecule has 2 aromatic rings. The Labute approximate surface area is 125 Å². The number of amides is 1. The van der Waals surface area contributed by atoms with Gasteiger partial charge in [0.25, 0.3) is 0 Å². The third-order valence-corrected chi connectivity index (χ3v) is 3.62. The molecule has 0 N–H and O–H groups in total. The van der Waals surface area contributed by atoms with Gasteiger partial charge in [0.05, 0.1) is 0 Å². The average Bonchev–Trinajstić information content (AvgIpc) is 3.37. The van der Waals surface area contributed by atoms with E-state index in [4.69, 9.17) is 4.74 Å². The molecule has 3 heteroatoms. The van der Waals surface area contributed by atoms with Crippen LogP contribution in [0.15, 0.2) is 60.7 Å². The second kappa shape index (κ2) is 6.44. The Bertz CT molecular complexity index is 579. The summed E-state index contributed by atoms with van der Waals surface area (Å²) in [6.07, 6.45) is 1.94. The van der Waals surface area contributed by atoms with Gasteiger partial charge in [-0.15, -0.1) is 0 Å². The Morgan fingerprint density at radius 2 is 1.52 bits per heavy atom. The van der Waals surface area contributed by atoms with Crippen molar-refractivity contribution >= 4 is 6.09 Å².